The van der Waals surface area contributed by atoms with Crippen LogP contribution in [0.1, 0.15) is 51.0 Å². The highest BCUT2D eigenvalue weighted by Gasteiger charge is 2.10. The van der Waals surface area contributed by atoms with Crippen LogP contribution in [0.2, 0.25) is 0 Å². The molecule has 1 fully saturated rings. The van der Waals surface area contributed by atoms with E-state index in [2.05, 4.69) is 44.6 Å². The molecule has 2 N–H and O–H groups in total. The minimum Gasteiger partial charge on any atom is -0.357 e. The number of pyridine rings is 1. The number of nitrogens with zero attached hydrogens (tertiary/aromatic N) is 3. The lowest BCUT2D eigenvalue weighted by Gasteiger charge is -2.21. The van der Waals surface area contributed by atoms with Gasteiger partial charge in [0.25, 0.3) is 0 Å². The van der Waals surface area contributed by atoms with Gasteiger partial charge in [-0.05, 0) is 30.9 Å². The second kappa shape index (κ2) is 10.1. The molecule has 128 valence electrons. The van der Waals surface area contributed by atoms with Gasteiger partial charge in [0.05, 0.1) is 0 Å². The van der Waals surface area contributed by atoms with Crippen LogP contribution in [0, 0.1) is 0 Å². The maximum Gasteiger partial charge on any atom is 0.191 e. The molecule has 0 unspecified atom stereocenters. The maximum absolute atomic E-state index is 4.65. The lowest BCUT2D eigenvalue weighted by molar-refractivity contribution is 0.726. The first kappa shape index (κ1) is 17.6. The van der Waals surface area contributed by atoms with Crippen LogP contribution in [0.3, 0.4) is 0 Å². The normalized spacial score (nSPS) is 16.1. The Labute approximate surface area is 140 Å². The molecule has 2 heterocycles. The van der Waals surface area contributed by atoms with E-state index in [0.717, 1.165) is 44.4 Å². The molecule has 5 heteroatoms. The van der Waals surface area contributed by atoms with Crippen LogP contribution < -0.4 is 15.5 Å². The van der Waals surface area contributed by atoms with Crippen LogP contribution >= 0.6 is 0 Å². The molecular weight excluding hydrogens is 286 g/mol. The Hall–Kier alpha value is -1.78. The second-order valence-corrected chi connectivity index (χ2v) is 6.13. The summed E-state index contributed by atoms with van der Waals surface area (Å²) in [4.78, 5) is 11.3. The van der Waals surface area contributed by atoms with Gasteiger partial charge in [0.1, 0.15) is 5.82 Å². The fourth-order valence-electron chi connectivity index (χ4n) is 2.80. The number of aromatic nitrogens is 1. The van der Waals surface area contributed by atoms with Crippen LogP contribution in [-0.4, -0.2) is 37.6 Å². The summed E-state index contributed by atoms with van der Waals surface area (Å²) in [5.41, 5.74) is 1.18. The number of rotatable bonds is 6. The van der Waals surface area contributed by atoms with Gasteiger partial charge in [0.2, 0.25) is 0 Å². The summed E-state index contributed by atoms with van der Waals surface area (Å²) in [6.45, 7) is 6.17. The molecule has 1 aromatic rings. The molecule has 0 amide bonds. The topological polar surface area (TPSA) is 52.6 Å². The van der Waals surface area contributed by atoms with Gasteiger partial charge < -0.3 is 15.5 Å². The summed E-state index contributed by atoms with van der Waals surface area (Å²) in [5, 5.41) is 6.66. The number of nitrogens with one attached hydrogen (secondary N) is 2. The van der Waals surface area contributed by atoms with Crippen molar-refractivity contribution in [1.29, 1.82) is 0 Å². The Morgan fingerprint density at radius 2 is 1.96 bits per heavy atom. The van der Waals surface area contributed by atoms with Crippen LogP contribution in [0.4, 0.5) is 5.82 Å². The largest absolute Gasteiger partial charge is 0.357 e. The first-order chi connectivity index (χ1) is 11.3. The Kier molecular flexibility index (Phi) is 7.70. The molecule has 0 aromatic carbocycles. The van der Waals surface area contributed by atoms with Crippen molar-refractivity contribution in [2.24, 2.45) is 4.99 Å². The highest BCUT2D eigenvalue weighted by Crippen LogP contribution is 2.17. The van der Waals surface area contributed by atoms with Gasteiger partial charge in [-0.15, -0.1) is 0 Å². The average Bonchev–Trinajstić information content (AvgIpc) is 2.88. The smallest absolute Gasteiger partial charge is 0.191 e. The van der Waals surface area contributed by atoms with E-state index in [4.69, 9.17) is 0 Å². The van der Waals surface area contributed by atoms with E-state index in [1.165, 1.54) is 37.7 Å². The van der Waals surface area contributed by atoms with Crippen LogP contribution in [-0.2, 0) is 6.54 Å². The second-order valence-electron chi connectivity index (χ2n) is 6.13. The zero-order chi connectivity index (χ0) is 16.3. The predicted molar refractivity (Wildman–Crippen MR) is 98.0 cm³/mol. The third kappa shape index (κ3) is 6.08. The van der Waals surface area contributed by atoms with Crippen LogP contribution in [0.15, 0.2) is 23.3 Å². The SMILES string of the molecule is CCCCNC(=NC)NCc1ccc(N2CCCCCC2)nc1. The zero-order valence-electron chi connectivity index (χ0n) is 14.6. The summed E-state index contributed by atoms with van der Waals surface area (Å²) >= 11 is 0. The molecule has 1 saturated heterocycles. The van der Waals surface area contributed by atoms with Crippen molar-refractivity contribution < 1.29 is 0 Å². The maximum atomic E-state index is 4.65. The van der Waals surface area contributed by atoms with E-state index in [1.54, 1.807) is 0 Å². The summed E-state index contributed by atoms with van der Waals surface area (Å²) in [6.07, 6.45) is 9.59. The lowest BCUT2D eigenvalue weighted by Crippen LogP contribution is -2.37. The third-order valence-electron chi connectivity index (χ3n) is 4.25. The number of aliphatic imine (C=N–C) groups is 1. The zero-order valence-corrected chi connectivity index (χ0v) is 14.6. The molecule has 0 spiro atoms. The standard InChI is InChI=1S/C18H31N5/c1-3-4-11-20-18(19-2)22-15-16-9-10-17(21-14-16)23-12-7-5-6-8-13-23/h9-10,14H,3-8,11-13,15H2,1-2H3,(H2,19,20,22). The highest BCUT2D eigenvalue weighted by molar-refractivity contribution is 5.79. The predicted octanol–water partition coefficient (Wildman–Crippen LogP) is 2.93. The van der Waals surface area contributed by atoms with E-state index < -0.39 is 0 Å². The van der Waals surface area contributed by atoms with Gasteiger partial charge in [-0.1, -0.05) is 32.3 Å². The highest BCUT2D eigenvalue weighted by atomic mass is 15.2. The van der Waals surface area contributed by atoms with Gasteiger partial charge >= 0.3 is 0 Å². The number of hydrogen-bond acceptors (Lipinski definition) is 3. The minimum atomic E-state index is 0.749. The number of guanidine groups is 1. The summed E-state index contributed by atoms with van der Waals surface area (Å²) < 4.78 is 0. The van der Waals surface area contributed by atoms with E-state index in [1.807, 2.05) is 13.2 Å². The van der Waals surface area contributed by atoms with Crippen LogP contribution in [0.25, 0.3) is 0 Å². The lowest BCUT2D eigenvalue weighted by atomic mass is 10.2. The van der Waals surface area contributed by atoms with Crippen molar-refractivity contribution in [3.05, 3.63) is 23.9 Å². The van der Waals surface area contributed by atoms with E-state index in [0.29, 0.717) is 0 Å². The van der Waals surface area contributed by atoms with Crippen LogP contribution in [0.5, 0.6) is 0 Å². The first-order valence-corrected chi connectivity index (χ1v) is 8.98. The van der Waals surface area contributed by atoms with E-state index in [9.17, 15) is 0 Å². The molecule has 1 aliphatic heterocycles. The Balaban J connectivity index is 1.82. The Bertz CT molecular complexity index is 461. The quantitative estimate of drug-likeness (QED) is 0.481. The Morgan fingerprint density at radius 1 is 1.17 bits per heavy atom. The van der Waals surface area contributed by atoms with Crippen molar-refractivity contribution in [3.63, 3.8) is 0 Å². The van der Waals surface area contributed by atoms with Gasteiger partial charge in [0.15, 0.2) is 5.96 Å². The molecule has 1 aliphatic rings. The van der Waals surface area contributed by atoms with E-state index >= 15 is 0 Å². The summed E-state index contributed by atoms with van der Waals surface area (Å²) in [5.74, 6) is 1.97. The number of anilines is 1. The Morgan fingerprint density at radius 3 is 2.57 bits per heavy atom. The number of unbranched alkanes of at least 4 members (excludes halogenated alkanes) is 1. The molecule has 1 aromatic heterocycles. The van der Waals surface area contributed by atoms with Gasteiger partial charge in [-0.3, -0.25) is 4.99 Å². The van der Waals surface area contributed by atoms with Gasteiger partial charge in [-0.25, -0.2) is 4.98 Å². The fourth-order valence-corrected chi connectivity index (χ4v) is 2.80. The van der Waals surface area contributed by atoms with Gasteiger partial charge in [0, 0.05) is 39.4 Å². The van der Waals surface area contributed by atoms with Gasteiger partial charge in [-0.2, -0.15) is 0 Å². The number of hydrogen-bond donors (Lipinski definition) is 2. The molecule has 0 atom stereocenters. The minimum absolute atomic E-state index is 0.749. The molecular formula is C18H31N5. The summed E-state index contributed by atoms with van der Waals surface area (Å²) in [6, 6.07) is 4.31. The monoisotopic (exact) mass is 317 g/mol. The molecule has 0 radical (unpaired) electrons. The van der Waals surface area contributed by atoms with Crippen molar-refractivity contribution in [2.75, 3.05) is 31.6 Å². The van der Waals surface area contributed by atoms with Crippen molar-refractivity contribution in [2.45, 2.75) is 52.0 Å². The van der Waals surface area contributed by atoms with Crippen molar-refractivity contribution in [1.82, 2.24) is 15.6 Å². The molecule has 23 heavy (non-hydrogen) atoms. The van der Waals surface area contributed by atoms with Crippen molar-refractivity contribution in [3.8, 4) is 0 Å². The molecule has 5 nitrogen and oxygen atoms in total. The summed E-state index contributed by atoms with van der Waals surface area (Å²) in [7, 11) is 1.81. The molecule has 0 aliphatic carbocycles. The molecule has 2 rings (SSSR count). The fraction of sp³-hybridized carbons (Fsp3) is 0.667. The molecule has 0 bridgehead atoms. The molecule has 0 saturated carbocycles. The first-order valence-electron chi connectivity index (χ1n) is 8.98. The van der Waals surface area contributed by atoms with E-state index in [-0.39, 0.29) is 0 Å². The average molecular weight is 317 g/mol. The van der Waals surface area contributed by atoms with Crippen molar-refractivity contribution >= 4 is 11.8 Å². The third-order valence-corrected chi connectivity index (χ3v) is 4.25.